The van der Waals surface area contributed by atoms with Crippen LogP contribution in [0.15, 0.2) is 18.3 Å². The maximum absolute atomic E-state index is 10.7. The quantitative estimate of drug-likeness (QED) is 0.580. The molecule has 0 bridgehead atoms. The molecule has 1 fully saturated rings. The van der Waals surface area contributed by atoms with Crippen molar-refractivity contribution in [3.63, 3.8) is 0 Å². The van der Waals surface area contributed by atoms with Crippen molar-refractivity contribution in [3.05, 3.63) is 24.0 Å². The van der Waals surface area contributed by atoms with E-state index in [1.807, 2.05) is 29.9 Å². The van der Waals surface area contributed by atoms with Crippen LogP contribution in [0, 0.1) is 0 Å². The number of aromatic nitrogens is 1. The van der Waals surface area contributed by atoms with Crippen LogP contribution in [0.25, 0.3) is 0 Å². The van der Waals surface area contributed by atoms with E-state index < -0.39 is 0 Å². The van der Waals surface area contributed by atoms with Gasteiger partial charge >= 0.3 is 0 Å². The lowest BCUT2D eigenvalue weighted by molar-refractivity contribution is -0.110. The second-order valence-corrected chi connectivity index (χ2v) is 3.28. The lowest BCUT2D eigenvalue weighted by Crippen LogP contribution is -2.12. The number of rotatable bonds is 2. The third-order valence-corrected chi connectivity index (χ3v) is 2.47. The van der Waals surface area contributed by atoms with Gasteiger partial charge in [-0.3, -0.25) is 0 Å². The molecular weight excluding hydrogens is 138 g/mol. The molecule has 2 rings (SSSR count). The molecule has 0 aliphatic heterocycles. The lowest BCUT2D eigenvalue weighted by Gasteiger charge is -2.07. The third kappa shape index (κ3) is 0.821. The molecule has 1 aliphatic rings. The van der Waals surface area contributed by atoms with Gasteiger partial charge in [-0.15, -0.1) is 0 Å². The van der Waals surface area contributed by atoms with E-state index >= 15 is 0 Å². The van der Waals surface area contributed by atoms with Crippen LogP contribution in [0.5, 0.6) is 0 Å². The molecule has 0 atom stereocenters. The van der Waals surface area contributed by atoms with Gasteiger partial charge in [0.15, 0.2) is 0 Å². The van der Waals surface area contributed by atoms with Crippen molar-refractivity contribution in [2.75, 3.05) is 0 Å². The van der Waals surface area contributed by atoms with Crippen LogP contribution in [-0.4, -0.2) is 10.9 Å². The Hall–Kier alpha value is -1.05. The Morgan fingerprint density at radius 3 is 2.73 bits per heavy atom. The first-order valence-electron chi connectivity index (χ1n) is 3.87. The minimum atomic E-state index is -0.113. The van der Waals surface area contributed by atoms with Gasteiger partial charge < -0.3 is 9.36 Å². The molecule has 2 nitrogen and oxygen atoms in total. The zero-order chi connectivity index (χ0) is 7.90. The molecule has 1 heterocycles. The standard InChI is InChI=1S/C9H11NO/c1-10-6-2-3-8(10)9(7-11)4-5-9/h2-3,6-7H,4-5H2,1H3. The Morgan fingerprint density at radius 1 is 1.64 bits per heavy atom. The minimum absolute atomic E-state index is 0.113. The Balaban J connectivity index is 2.43. The zero-order valence-electron chi connectivity index (χ0n) is 6.58. The fourth-order valence-corrected chi connectivity index (χ4v) is 1.55. The van der Waals surface area contributed by atoms with Crippen molar-refractivity contribution in [3.8, 4) is 0 Å². The van der Waals surface area contributed by atoms with Crippen LogP contribution in [0.4, 0.5) is 0 Å². The van der Waals surface area contributed by atoms with E-state index in [9.17, 15) is 4.79 Å². The van der Waals surface area contributed by atoms with Crippen LogP contribution < -0.4 is 0 Å². The van der Waals surface area contributed by atoms with Crippen LogP contribution in [0.3, 0.4) is 0 Å². The van der Waals surface area contributed by atoms with Gasteiger partial charge in [-0.25, -0.2) is 0 Å². The molecule has 11 heavy (non-hydrogen) atoms. The largest absolute Gasteiger partial charge is 0.354 e. The van der Waals surface area contributed by atoms with Crippen molar-refractivity contribution in [1.29, 1.82) is 0 Å². The number of carbonyl (C=O) groups excluding carboxylic acids is 1. The van der Waals surface area contributed by atoms with Gasteiger partial charge in [-0.2, -0.15) is 0 Å². The SMILES string of the molecule is Cn1cccc1C1(C=O)CC1. The molecule has 0 amide bonds. The minimum Gasteiger partial charge on any atom is -0.354 e. The van der Waals surface area contributed by atoms with Crippen molar-refractivity contribution >= 4 is 6.29 Å². The molecule has 0 N–H and O–H groups in total. The molecule has 0 unspecified atom stereocenters. The van der Waals surface area contributed by atoms with Crippen LogP contribution >= 0.6 is 0 Å². The highest BCUT2D eigenvalue weighted by atomic mass is 16.1. The molecule has 1 aromatic heterocycles. The van der Waals surface area contributed by atoms with Gasteiger partial charge in [-0.05, 0) is 25.0 Å². The summed E-state index contributed by atoms with van der Waals surface area (Å²) in [5.41, 5.74) is 1.05. The number of hydrogen-bond acceptors (Lipinski definition) is 1. The average Bonchev–Trinajstić information content (AvgIpc) is 2.70. The van der Waals surface area contributed by atoms with Gasteiger partial charge in [0.25, 0.3) is 0 Å². The highest BCUT2D eigenvalue weighted by molar-refractivity contribution is 5.72. The Labute approximate surface area is 65.8 Å². The molecule has 2 heteroatoms. The lowest BCUT2D eigenvalue weighted by atomic mass is 10.1. The monoisotopic (exact) mass is 149 g/mol. The van der Waals surface area contributed by atoms with Crippen LogP contribution in [-0.2, 0) is 17.3 Å². The van der Waals surface area contributed by atoms with Gasteiger partial charge in [0.1, 0.15) is 6.29 Å². The fraction of sp³-hybridized carbons (Fsp3) is 0.444. The van der Waals surface area contributed by atoms with E-state index in [2.05, 4.69) is 0 Å². The summed E-state index contributed by atoms with van der Waals surface area (Å²) in [4.78, 5) is 10.7. The van der Waals surface area contributed by atoms with E-state index in [0.29, 0.717) is 0 Å². The summed E-state index contributed by atoms with van der Waals surface area (Å²) < 4.78 is 2.03. The maximum atomic E-state index is 10.7. The van der Waals surface area contributed by atoms with Crippen molar-refractivity contribution in [2.45, 2.75) is 18.3 Å². The van der Waals surface area contributed by atoms with Gasteiger partial charge in [-0.1, -0.05) is 0 Å². The molecule has 0 saturated heterocycles. The van der Waals surface area contributed by atoms with E-state index in [0.717, 1.165) is 24.8 Å². The number of aryl methyl sites for hydroxylation is 1. The Kier molecular flexibility index (Phi) is 1.19. The van der Waals surface area contributed by atoms with E-state index in [1.165, 1.54) is 0 Å². The molecule has 58 valence electrons. The molecule has 0 radical (unpaired) electrons. The normalized spacial score (nSPS) is 19.7. The summed E-state index contributed by atoms with van der Waals surface area (Å²) >= 11 is 0. The Morgan fingerprint density at radius 2 is 2.36 bits per heavy atom. The number of aldehydes is 1. The summed E-state index contributed by atoms with van der Waals surface area (Å²) in [7, 11) is 1.99. The number of carbonyl (C=O) groups is 1. The summed E-state index contributed by atoms with van der Waals surface area (Å²) in [5, 5.41) is 0. The fourth-order valence-electron chi connectivity index (χ4n) is 1.55. The topological polar surface area (TPSA) is 22.0 Å². The smallest absolute Gasteiger partial charge is 0.132 e. The maximum Gasteiger partial charge on any atom is 0.132 e. The van der Waals surface area contributed by atoms with Gasteiger partial charge in [0.2, 0.25) is 0 Å². The first-order chi connectivity index (χ1) is 5.28. The Bertz CT molecular complexity index is 284. The summed E-state index contributed by atoms with van der Waals surface area (Å²) in [6.45, 7) is 0. The summed E-state index contributed by atoms with van der Waals surface area (Å²) in [5.74, 6) is 0. The number of hydrogen-bond donors (Lipinski definition) is 0. The predicted octanol–water partition coefficient (Wildman–Crippen LogP) is 1.26. The molecule has 1 saturated carbocycles. The highest BCUT2D eigenvalue weighted by Crippen LogP contribution is 2.45. The van der Waals surface area contributed by atoms with Crippen molar-refractivity contribution < 1.29 is 4.79 Å². The summed E-state index contributed by atoms with van der Waals surface area (Å²) in [6, 6.07) is 4.01. The molecule has 1 aliphatic carbocycles. The van der Waals surface area contributed by atoms with Gasteiger partial charge in [0.05, 0.1) is 5.41 Å². The van der Waals surface area contributed by atoms with Crippen molar-refractivity contribution in [1.82, 2.24) is 4.57 Å². The van der Waals surface area contributed by atoms with Gasteiger partial charge in [0, 0.05) is 18.9 Å². The second-order valence-electron chi connectivity index (χ2n) is 3.28. The van der Waals surface area contributed by atoms with Crippen LogP contribution in [0.2, 0.25) is 0 Å². The number of nitrogens with zero attached hydrogens (tertiary/aromatic N) is 1. The zero-order valence-corrected chi connectivity index (χ0v) is 6.58. The molecule has 0 spiro atoms. The van der Waals surface area contributed by atoms with Crippen LogP contribution in [0.1, 0.15) is 18.5 Å². The predicted molar refractivity (Wildman–Crippen MR) is 42.4 cm³/mol. The average molecular weight is 149 g/mol. The first kappa shape index (κ1) is 6.65. The molecule has 0 aromatic carbocycles. The molecule has 1 aromatic rings. The molecular formula is C9H11NO. The highest BCUT2D eigenvalue weighted by Gasteiger charge is 2.45. The van der Waals surface area contributed by atoms with E-state index in [4.69, 9.17) is 0 Å². The third-order valence-electron chi connectivity index (χ3n) is 2.47. The van der Waals surface area contributed by atoms with Crippen molar-refractivity contribution in [2.24, 2.45) is 7.05 Å². The summed E-state index contributed by atoms with van der Waals surface area (Å²) in [6.07, 6.45) is 5.12. The van der Waals surface area contributed by atoms with E-state index in [1.54, 1.807) is 0 Å². The first-order valence-corrected chi connectivity index (χ1v) is 3.87. The second kappa shape index (κ2) is 1.97. The van der Waals surface area contributed by atoms with E-state index in [-0.39, 0.29) is 5.41 Å².